The van der Waals surface area contributed by atoms with Crippen LogP contribution in [-0.4, -0.2) is 23.6 Å². The molecular weight excluding hydrogens is 238 g/mol. The molecule has 2 rings (SSSR count). The molecule has 1 heterocycles. The van der Waals surface area contributed by atoms with Gasteiger partial charge in [-0.3, -0.25) is 0 Å². The van der Waals surface area contributed by atoms with Gasteiger partial charge < -0.3 is 15.0 Å². The maximum Gasteiger partial charge on any atom is 0.128 e. The number of ether oxygens (including phenoxy) is 1. The van der Waals surface area contributed by atoms with Gasteiger partial charge in [-0.25, -0.2) is 4.98 Å². The Bertz CT molecular complexity index is 561. The molecule has 0 aliphatic rings. The summed E-state index contributed by atoms with van der Waals surface area (Å²) in [6.45, 7) is 7.93. The van der Waals surface area contributed by atoms with Crippen molar-refractivity contribution >= 4 is 0 Å². The van der Waals surface area contributed by atoms with E-state index < -0.39 is 0 Å². The summed E-state index contributed by atoms with van der Waals surface area (Å²) in [4.78, 5) is 7.74. The molecule has 0 amide bonds. The molecular formula is C15H21N3O. The fourth-order valence-electron chi connectivity index (χ4n) is 2.26. The van der Waals surface area contributed by atoms with E-state index in [0.717, 1.165) is 35.9 Å². The summed E-state index contributed by atoms with van der Waals surface area (Å²) in [5, 5.41) is 3.26. The van der Waals surface area contributed by atoms with Crippen LogP contribution >= 0.6 is 0 Å². The lowest BCUT2D eigenvalue weighted by Gasteiger charge is -2.11. The van der Waals surface area contributed by atoms with E-state index in [-0.39, 0.29) is 0 Å². The molecule has 102 valence electrons. The summed E-state index contributed by atoms with van der Waals surface area (Å²) in [6, 6.07) is 4.20. The minimum absolute atomic E-state index is 0.754. The Balaban J connectivity index is 2.38. The van der Waals surface area contributed by atoms with E-state index in [1.807, 2.05) is 12.3 Å². The second kappa shape index (κ2) is 5.89. The Morgan fingerprint density at radius 2 is 2.11 bits per heavy atom. The molecule has 0 bridgehead atoms. The monoisotopic (exact) mass is 259 g/mol. The van der Waals surface area contributed by atoms with E-state index in [1.54, 1.807) is 7.11 Å². The number of imidazole rings is 1. The van der Waals surface area contributed by atoms with Crippen LogP contribution < -0.4 is 10.1 Å². The van der Waals surface area contributed by atoms with E-state index in [4.69, 9.17) is 4.74 Å². The average molecular weight is 259 g/mol. The SMILES string of the molecule is CCNCc1ncc(-c2c(C)cc(C)cc2OC)[nH]1. The fraction of sp³-hybridized carbons (Fsp3) is 0.400. The summed E-state index contributed by atoms with van der Waals surface area (Å²) in [6.07, 6.45) is 1.87. The van der Waals surface area contributed by atoms with Crippen LogP contribution in [0.15, 0.2) is 18.3 Å². The largest absolute Gasteiger partial charge is 0.496 e. The Morgan fingerprint density at radius 1 is 1.32 bits per heavy atom. The Hall–Kier alpha value is -1.81. The van der Waals surface area contributed by atoms with Crippen LogP contribution in [0.5, 0.6) is 5.75 Å². The molecule has 2 aromatic rings. The number of benzene rings is 1. The molecule has 0 aliphatic heterocycles. The van der Waals surface area contributed by atoms with Crippen LogP contribution in [0.4, 0.5) is 0 Å². The highest BCUT2D eigenvalue weighted by molar-refractivity contribution is 5.71. The van der Waals surface area contributed by atoms with Gasteiger partial charge in [0.25, 0.3) is 0 Å². The predicted molar refractivity (Wildman–Crippen MR) is 77.4 cm³/mol. The second-order valence-electron chi connectivity index (χ2n) is 4.68. The highest BCUT2D eigenvalue weighted by Gasteiger charge is 2.12. The molecule has 1 aromatic heterocycles. The van der Waals surface area contributed by atoms with Crippen LogP contribution in [0, 0.1) is 13.8 Å². The number of aromatic nitrogens is 2. The van der Waals surface area contributed by atoms with Crippen molar-refractivity contribution in [3.63, 3.8) is 0 Å². The van der Waals surface area contributed by atoms with Gasteiger partial charge in [0.2, 0.25) is 0 Å². The summed E-state index contributed by atoms with van der Waals surface area (Å²) in [5.74, 6) is 1.83. The van der Waals surface area contributed by atoms with Gasteiger partial charge >= 0.3 is 0 Å². The lowest BCUT2D eigenvalue weighted by atomic mass is 10.0. The zero-order valence-electron chi connectivity index (χ0n) is 12.0. The molecule has 4 heteroatoms. The van der Waals surface area contributed by atoms with Crippen LogP contribution in [-0.2, 0) is 6.54 Å². The van der Waals surface area contributed by atoms with Gasteiger partial charge in [0.1, 0.15) is 11.6 Å². The summed E-state index contributed by atoms with van der Waals surface area (Å²) in [5.41, 5.74) is 4.48. The van der Waals surface area contributed by atoms with Crippen LogP contribution in [0.3, 0.4) is 0 Å². The number of H-pyrrole nitrogens is 1. The average Bonchev–Trinajstić information content (AvgIpc) is 2.83. The summed E-state index contributed by atoms with van der Waals surface area (Å²) in [7, 11) is 1.70. The molecule has 0 radical (unpaired) electrons. The van der Waals surface area contributed by atoms with Gasteiger partial charge in [-0.05, 0) is 37.6 Å². The Kier molecular flexibility index (Phi) is 4.22. The van der Waals surface area contributed by atoms with Crippen molar-refractivity contribution in [1.29, 1.82) is 0 Å². The first-order valence-electron chi connectivity index (χ1n) is 6.56. The standard InChI is InChI=1S/C15H21N3O/c1-5-16-9-14-17-8-12(18-14)15-11(3)6-10(2)7-13(15)19-4/h6-8,16H,5,9H2,1-4H3,(H,17,18). The van der Waals surface area contributed by atoms with Crippen molar-refractivity contribution in [2.45, 2.75) is 27.3 Å². The zero-order valence-corrected chi connectivity index (χ0v) is 12.0. The second-order valence-corrected chi connectivity index (χ2v) is 4.68. The summed E-state index contributed by atoms with van der Waals surface area (Å²) >= 11 is 0. The quantitative estimate of drug-likeness (QED) is 0.868. The molecule has 0 aliphatic carbocycles. The predicted octanol–water partition coefficient (Wildman–Crippen LogP) is 2.81. The van der Waals surface area contributed by atoms with E-state index in [2.05, 4.69) is 42.1 Å². The number of hydrogen-bond donors (Lipinski definition) is 2. The van der Waals surface area contributed by atoms with Crippen LogP contribution in [0.25, 0.3) is 11.3 Å². The fourth-order valence-corrected chi connectivity index (χ4v) is 2.26. The van der Waals surface area contributed by atoms with Crippen molar-refractivity contribution < 1.29 is 4.74 Å². The topological polar surface area (TPSA) is 49.9 Å². The van der Waals surface area contributed by atoms with E-state index in [9.17, 15) is 0 Å². The van der Waals surface area contributed by atoms with Crippen molar-refractivity contribution in [3.8, 4) is 17.0 Å². The molecule has 0 spiro atoms. The Morgan fingerprint density at radius 3 is 2.79 bits per heavy atom. The first-order valence-corrected chi connectivity index (χ1v) is 6.56. The van der Waals surface area contributed by atoms with Gasteiger partial charge in [0.05, 0.1) is 25.5 Å². The molecule has 19 heavy (non-hydrogen) atoms. The highest BCUT2D eigenvalue weighted by Crippen LogP contribution is 2.33. The van der Waals surface area contributed by atoms with Gasteiger partial charge in [-0.2, -0.15) is 0 Å². The van der Waals surface area contributed by atoms with Gasteiger partial charge in [0.15, 0.2) is 0 Å². The minimum Gasteiger partial charge on any atom is -0.496 e. The lowest BCUT2D eigenvalue weighted by molar-refractivity contribution is 0.415. The normalized spacial score (nSPS) is 10.7. The number of hydrogen-bond acceptors (Lipinski definition) is 3. The molecule has 0 saturated carbocycles. The smallest absolute Gasteiger partial charge is 0.128 e. The maximum absolute atomic E-state index is 5.49. The number of aryl methyl sites for hydroxylation is 2. The van der Waals surface area contributed by atoms with Gasteiger partial charge in [-0.15, -0.1) is 0 Å². The van der Waals surface area contributed by atoms with Crippen molar-refractivity contribution in [2.24, 2.45) is 0 Å². The van der Waals surface area contributed by atoms with Crippen LogP contribution in [0.1, 0.15) is 23.9 Å². The van der Waals surface area contributed by atoms with E-state index in [0.29, 0.717) is 0 Å². The van der Waals surface area contributed by atoms with Gasteiger partial charge in [0, 0.05) is 5.56 Å². The molecule has 0 fully saturated rings. The first kappa shape index (κ1) is 13.6. The van der Waals surface area contributed by atoms with Crippen molar-refractivity contribution in [3.05, 3.63) is 35.3 Å². The number of nitrogens with one attached hydrogen (secondary N) is 2. The first-order chi connectivity index (χ1) is 9.15. The van der Waals surface area contributed by atoms with E-state index >= 15 is 0 Å². The van der Waals surface area contributed by atoms with E-state index in [1.165, 1.54) is 11.1 Å². The molecule has 0 unspecified atom stereocenters. The molecule has 4 nitrogen and oxygen atoms in total. The number of nitrogens with zero attached hydrogens (tertiary/aromatic N) is 1. The minimum atomic E-state index is 0.754. The third kappa shape index (κ3) is 2.96. The maximum atomic E-state index is 5.49. The van der Waals surface area contributed by atoms with Crippen LogP contribution in [0.2, 0.25) is 0 Å². The zero-order chi connectivity index (χ0) is 13.8. The number of methoxy groups -OCH3 is 1. The summed E-state index contributed by atoms with van der Waals surface area (Å²) < 4.78 is 5.49. The van der Waals surface area contributed by atoms with Crippen molar-refractivity contribution in [1.82, 2.24) is 15.3 Å². The molecule has 0 atom stereocenters. The third-order valence-electron chi connectivity index (χ3n) is 3.10. The molecule has 1 aromatic carbocycles. The number of aromatic amines is 1. The molecule has 2 N–H and O–H groups in total. The Labute approximate surface area is 114 Å². The third-order valence-corrected chi connectivity index (χ3v) is 3.10. The molecule has 0 saturated heterocycles. The highest BCUT2D eigenvalue weighted by atomic mass is 16.5. The number of rotatable bonds is 5. The van der Waals surface area contributed by atoms with Crippen molar-refractivity contribution in [2.75, 3.05) is 13.7 Å². The van der Waals surface area contributed by atoms with Gasteiger partial charge in [-0.1, -0.05) is 13.0 Å². The lowest BCUT2D eigenvalue weighted by Crippen LogP contribution is -2.12.